The number of carbonyl (C=O) groups is 1. The minimum atomic E-state index is -0.828. The number of hydrogen-bond acceptors (Lipinski definition) is 4. The number of para-hydroxylation sites is 1. The van der Waals surface area contributed by atoms with Gasteiger partial charge < -0.3 is 15.1 Å². The lowest BCUT2D eigenvalue weighted by atomic mass is 10.0. The third-order valence-corrected chi connectivity index (χ3v) is 5.06. The Hall–Kier alpha value is -2.37. The average molecular weight is 354 g/mol. The van der Waals surface area contributed by atoms with Gasteiger partial charge in [0.1, 0.15) is 6.04 Å². The van der Waals surface area contributed by atoms with Crippen LogP contribution in [0.25, 0.3) is 0 Å². The van der Waals surface area contributed by atoms with Crippen molar-refractivity contribution >= 4 is 11.7 Å². The summed E-state index contributed by atoms with van der Waals surface area (Å²) in [6, 6.07) is 14.9. The molecule has 1 saturated heterocycles. The van der Waals surface area contributed by atoms with Gasteiger partial charge in [-0.3, -0.25) is 9.69 Å². The largest absolute Gasteiger partial charge is 0.480 e. The molecule has 0 amide bonds. The molecule has 2 N–H and O–H groups in total. The topological polar surface area (TPSA) is 64.0 Å². The number of carboxylic acid groups (broad SMARTS) is 1. The van der Waals surface area contributed by atoms with Crippen molar-refractivity contribution in [3.05, 3.63) is 65.2 Å². The second-order valence-corrected chi connectivity index (χ2v) is 6.80. The van der Waals surface area contributed by atoms with Crippen molar-refractivity contribution in [1.82, 2.24) is 4.90 Å². The number of nitrogens with zero attached hydrogens (tertiary/aromatic N) is 2. The summed E-state index contributed by atoms with van der Waals surface area (Å²) in [5.74, 6) is -0.828. The van der Waals surface area contributed by atoms with Crippen molar-refractivity contribution < 1.29 is 15.0 Å². The second-order valence-electron chi connectivity index (χ2n) is 6.80. The van der Waals surface area contributed by atoms with Gasteiger partial charge >= 0.3 is 5.97 Å². The highest BCUT2D eigenvalue weighted by Gasteiger charge is 2.29. The van der Waals surface area contributed by atoms with Crippen molar-refractivity contribution in [2.24, 2.45) is 0 Å². The van der Waals surface area contributed by atoms with E-state index >= 15 is 0 Å². The zero-order chi connectivity index (χ0) is 18.5. The van der Waals surface area contributed by atoms with Crippen LogP contribution in [0, 0.1) is 6.92 Å². The molecule has 2 aromatic rings. The smallest absolute Gasteiger partial charge is 0.325 e. The average Bonchev–Trinajstić information content (AvgIpc) is 2.89. The highest BCUT2D eigenvalue weighted by atomic mass is 16.4. The number of benzene rings is 2. The molecule has 3 rings (SSSR count). The van der Waals surface area contributed by atoms with Crippen molar-refractivity contribution in [1.29, 1.82) is 0 Å². The predicted molar refractivity (Wildman–Crippen MR) is 102 cm³/mol. The maximum Gasteiger partial charge on any atom is 0.325 e. The fourth-order valence-electron chi connectivity index (χ4n) is 3.67. The van der Waals surface area contributed by atoms with E-state index in [0.717, 1.165) is 37.2 Å². The van der Waals surface area contributed by atoms with Crippen LogP contribution in [0.15, 0.2) is 48.5 Å². The van der Waals surface area contributed by atoms with E-state index < -0.39 is 12.0 Å². The Morgan fingerprint density at radius 3 is 2.42 bits per heavy atom. The minimum absolute atomic E-state index is 0.0346. The third-order valence-electron chi connectivity index (χ3n) is 5.06. The fourth-order valence-corrected chi connectivity index (χ4v) is 3.67. The molecule has 0 saturated carbocycles. The summed E-state index contributed by atoms with van der Waals surface area (Å²) in [5, 5.41) is 19.0. The Bertz CT molecular complexity index is 745. The van der Waals surface area contributed by atoms with Gasteiger partial charge in [-0.05, 0) is 36.1 Å². The van der Waals surface area contributed by atoms with Crippen molar-refractivity contribution in [3.8, 4) is 0 Å². The summed E-state index contributed by atoms with van der Waals surface area (Å²) < 4.78 is 0. The maximum atomic E-state index is 12.0. The zero-order valence-electron chi connectivity index (χ0n) is 15.1. The molecule has 0 unspecified atom stereocenters. The highest BCUT2D eigenvalue weighted by molar-refractivity contribution is 5.75. The standard InChI is InChI=1S/C21H26N2O3/c1-16-5-2-3-6-19(16)22-11-4-12-23(14-13-22)20(21(25)26)18-9-7-17(15-24)8-10-18/h2-3,5-10,20,24H,4,11-15H2,1H3,(H,25,26)/t20-/m1/s1. The molecule has 0 aliphatic carbocycles. The molecule has 0 radical (unpaired) electrons. The van der Waals surface area contributed by atoms with Gasteiger partial charge in [-0.15, -0.1) is 0 Å². The first-order valence-electron chi connectivity index (χ1n) is 9.07. The number of aliphatic carboxylic acids is 1. The van der Waals surface area contributed by atoms with Gasteiger partial charge in [0, 0.05) is 31.9 Å². The maximum absolute atomic E-state index is 12.0. The van der Waals surface area contributed by atoms with Crippen LogP contribution in [0.3, 0.4) is 0 Å². The lowest BCUT2D eigenvalue weighted by Crippen LogP contribution is -2.37. The summed E-state index contributed by atoms with van der Waals surface area (Å²) in [6.07, 6.45) is 0.923. The molecule has 1 aliphatic heterocycles. The zero-order valence-corrected chi connectivity index (χ0v) is 15.1. The van der Waals surface area contributed by atoms with Gasteiger partial charge in [-0.2, -0.15) is 0 Å². The van der Waals surface area contributed by atoms with Gasteiger partial charge in [0.05, 0.1) is 6.61 Å². The molecular formula is C21H26N2O3. The molecule has 1 atom stereocenters. The summed E-state index contributed by atoms with van der Waals surface area (Å²) in [6.45, 7) is 5.27. The first-order valence-corrected chi connectivity index (χ1v) is 9.07. The summed E-state index contributed by atoms with van der Waals surface area (Å²) in [4.78, 5) is 16.4. The molecule has 2 aromatic carbocycles. The second kappa shape index (κ2) is 8.34. The van der Waals surface area contributed by atoms with Crippen LogP contribution in [-0.2, 0) is 11.4 Å². The molecule has 5 heteroatoms. The lowest BCUT2D eigenvalue weighted by molar-refractivity contribution is -0.143. The number of hydrogen-bond donors (Lipinski definition) is 2. The molecule has 1 aliphatic rings. The predicted octanol–water partition coefficient (Wildman–Crippen LogP) is 2.83. The van der Waals surface area contributed by atoms with E-state index in [9.17, 15) is 15.0 Å². The van der Waals surface area contributed by atoms with Crippen LogP contribution in [0.1, 0.15) is 29.2 Å². The fraction of sp³-hybridized carbons (Fsp3) is 0.381. The third kappa shape index (κ3) is 4.06. The Balaban J connectivity index is 1.77. The highest BCUT2D eigenvalue weighted by Crippen LogP contribution is 2.26. The molecule has 1 fully saturated rings. The Morgan fingerprint density at radius 2 is 1.77 bits per heavy atom. The van der Waals surface area contributed by atoms with E-state index in [1.54, 1.807) is 12.1 Å². The molecule has 0 spiro atoms. The van der Waals surface area contributed by atoms with E-state index in [1.165, 1.54) is 11.3 Å². The minimum Gasteiger partial charge on any atom is -0.480 e. The molecule has 5 nitrogen and oxygen atoms in total. The van der Waals surface area contributed by atoms with Crippen LogP contribution in [0.2, 0.25) is 0 Å². The van der Waals surface area contributed by atoms with E-state index in [2.05, 4.69) is 28.9 Å². The Labute approximate surface area is 154 Å². The molecule has 138 valence electrons. The molecule has 0 aromatic heterocycles. The first-order chi connectivity index (χ1) is 12.6. The SMILES string of the molecule is Cc1ccccc1N1CCCN([C@@H](C(=O)O)c2ccc(CO)cc2)CC1. The van der Waals surface area contributed by atoms with Gasteiger partial charge in [0.15, 0.2) is 0 Å². The van der Waals surface area contributed by atoms with Crippen LogP contribution in [-0.4, -0.2) is 47.3 Å². The van der Waals surface area contributed by atoms with E-state index in [0.29, 0.717) is 6.54 Å². The van der Waals surface area contributed by atoms with Gasteiger partial charge in [0.2, 0.25) is 0 Å². The lowest BCUT2D eigenvalue weighted by Gasteiger charge is -2.28. The van der Waals surface area contributed by atoms with E-state index in [-0.39, 0.29) is 6.61 Å². The van der Waals surface area contributed by atoms with Crippen LogP contribution in [0.5, 0.6) is 0 Å². The van der Waals surface area contributed by atoms with Gasteiger partial charge in [-0.1, -0.05) is 42.5 Å². The van der Waals surface area contributed by atoms with Gasteiger partial charge in [-0.25, -0.2) is 0 Å². The number of carboxylic acids is 1. The molecule has 26 heavy (non-hydrogen) atoms. The Morgan fingerprint density at radius 1 is 1.04 bits per heavy atom. The van der Waals surface area contributed by atoms with Crippen molar-refractivity contribution in [3.63, 3.8) is 0 Å². The molecular weight excluding hydrogens is 328 g/mol. The van der Waals surface area contributed by atoms with Crippen molar-refractivity contribution in [2.45, 2.75) is 26.0 Å². The molecule has 1 heterocycles. The van der Waals surface area contributed by atoms with Crippen LogP contribution in [0.4, 0.5) is 5.69 Å². The number of anilines is 1. The monoisotopic (exact) mass is 354 g/mol. The summed E-state index contributed by atoms with van der Waals surface area (Å²) in [5.41, 5.74) is 4.03. The van der Waals surface area contributed by atoms with Crippen LogP contribution >= 0.6 is 0 Å². The van der Waals surface area contributed by atoms with E-state index in [1.807, 2.05) is 24.3 Å². The van der Waals surface area contributed by atoms with Gasteiger partial charge in [0.25, 0.3) is 0 Å². The summed E-state index contributed by atoms with van der Waals surface area (Å²) >= 11 is 0. The normalized spacial score (nSPS) is 16.9. The van der Waals surface area contributed by atoms with Crippen molar-refractivity contribution in [2.75, 3.05) is 31.1 Å². The van der Waals surface area contributed by atoms with Crippen LogP contribution < -0.4 is 4.90 Å². The van der Waals surface area contributed by atoms with E-state index in [4.69, 9.17) is 0 Å². The summed E-state index contributed by atoms with van der Waals surface area (Å²) in [7, 11) is 0. The number of aliphatic hydroxyl groups excluding tert-OH is 1. The quantitative estimate of drug-likeness (QED) is 0.864. The number of aliphatic hydroxyl groups is 1. The molecule has 0 bridgehead atoms. The number of aryl methyl sites for hydroxylation is 1. The Kier molecular flexibility index (Phi) is 5.91. The number of rotatable bonds is 5. The first kappa shape index (κ1) is 18.4.